The summed E-state index contributed by atoms with van der Waals surface area (Å²) in [6, 6.07) is 14.3. The minimum Gasteiger partial charge on any atom is -0.495 e. The maximum atomic E-state index is 12.8. The van der Waals surface area contributed by atoms with Crippen molar-refractivity contribution in [3.8, 4) is 5.75 Å². The Morgan fingerprint density at radius 1 is 1.24 bits per heavy atom. The number of ether oxygens (including phenoxy) is 1. The maximum absolute atomic E-state index is 12.8. The molecule has 3 rings (SSSR count). The minimum atomic E-state index is -0.490. The molecule has 2 aromatic rings. The van der Waals surface area contributed by atoms with Crippen molar-refractivity contribution in [3.05, 3.63) is 64.2 Å². The van der Waals surface area contributed by atoms with Crippen LogP contribution in [-0.2, 0) is 11.2 Å². The molecule has 0 bridgehead atoms. The van der Waals surface area contributed by atoms with Crippen molar-refractivity contribution >= 4 is 17.3 Å². The number of nitro groups is 1. The van der Waals surface area contributed by atoms with Crippen LogP contribution in [0.15, 0.2) is 48.5 Å². The van der Waals surface area contributed by atoms with E-state index in [-0.39, 0.29) is 17.6 Å². The lowest BCUT2D eigenvalue weighted by atomic mass is 9.89. The first-order valence-electron chi connectivity index (χ1n) is 9.89. The van der Waals surface area contributed by atoms with Gasteiger partial charge in [-0.15, -0.1) is 0 Å². The molecule has 1 saturated heterocycles. The lowest BCUT2D eigenvalue weighted by molar-refractivity contribution is -0.384. The SMILES string of the molecule is COc1ccc([N+](=O)[O-])cc1NC(=O)C(C)N1CCC(Cc2ccccc2)CC1. The predicted molar refractivity (Wildman–Crippen MR) is 112 cm³/mol. The number of piperidine rings is 1. The molecule has 1 heterocycles. The van der Waals surface area contributed by atoms with Crippen molar-refractivity contribution in [1.82, 2.24) is 4.90 Å². The van der Waals surface area contributed by atoms with Gasteiger partial charge in [-0.05, 0) is 56.8 Å². The van der Waals surface area contributed by atoms with Gasteiger partial charge in [0.2, 0.25) is 5.91 Å². The first-order chi connectivity index (χ1) is 14.0. The average Bonchev–Trinajstić information content (AvgIpc) is 2.74. The molecule has 1 aliphatic heterocycles. The van der Waals surface area contributed by atoms with Gasteiger partial charge in [-0.3, -0.25) is 19.8 Å². The number of amides is 1. The molecule has 1 aliphatic rings. The van der Waals surface area contributed by atoms with Crippen molar-refractivity contribution in [2.24, 2.45) is 5.92 Å². The van der Waals surface area contributed by atoms with E-state index in [1.54, 1.807) is 0 Å². The fourth-order valence-electron chi connectivity index (χ4n) is 3.80. The summed E-state index contributed by atoms with van der Waals surface area (Å²) in [5.41, 5.74) is 1.59. The van der Waals surface area contributed by atoms with Crippen LogP contribution in [0.25, 0.3) is 0 Å². The van der Waals surface area contributed by atoms with Gasteiger partial charge in [-0.25, -0.2) is 0 Å². The topological polar surface area (TPSA) is 84.7 Å². The molecule has 0 aliphatic carbocycles. The first-order valence-corrected chi connectivity index (χ1v) is 9.89. The molecule has 154 valence electrons. The maximum Gasteiger partial charge on any atom is 0.271 e. The summed E-state index contributed by atoms with van der Waals surface area (Å²) >= 11 is 0. The van der Waals surface area contributed by atoms with Gasteiger partial charge in [0, 0.05) is 12.1 Å². The van der Waals surface area contributed by atoms with E-state index in [2.05, 4.69) is 34.5 Å². The van der Waals surface area contributed by atoms with Crippen LogP contribution in [0.3, 0.4) is 0 Å². The molecule has 1 amide bonds. The second-order valence-corrected chi connectivity index (χ2v) is 7.48. The summed E-state index contributed by atoms with van der Waals surface area (Å²) in [5, 5.41) is 13.8. The highest BCUT2D eigenvalue weighted by atomic mass is 16.6. The summed E-state index contributed by atoms with van der Waals surface area (Å²) in [6.07, 6.45) is 3.17. The zero-order valence-corrected chi connectivity index (χ0v) is 16.8. The number of rotatable bonds is 7. The summed E-state index contributed by atoms with van der Waals surface area (Å²) in [7, 11) is 1.47. The van der Waals surface area contributed by atoms with E-state index < -0.39 is 4.92 Å². The lowest BCUT2D eigenvalue weighted by Gasteiger charge is -2.35. The molecule has 2 aromatic carbocycles. The van der Waals surface area contributed by atoms with Crippen molar-refractivity contribution in [3.63, 3.8) is 0 Å². The zero-order chi connectivity index (χ0) is 20.8. The van der Waals surface area contributed by atoms with Crippen LogP contribution in [0.4, 0.5) is 11.4 Å². The number of hydrogen-bond donors (Lipinski definition) is 1. The Labute approximate surface area is 170 Å². The van der Waals surface area contributed by atoms with Gasteiger partial charge >= 0.3 is 0 Å². The standard InChI is InChI=1S/C22H27N3O4/c1-16(22(26)23-20-15-19(25(27)28)8-9-21(20)29-2)24-12-10-18(11-13-24)14-17-6-4-3-5-7-17/h3-9,15-16,18H,10-14H2,1-2H3,(H,23,26). The van der Waals surface area contributed by atoms with E-state index >= 15 is 0 Å². The fraction of sp³-hybridized carbons (Fsp3) is 0.409. The van der Waals surface area contributed by atoms with Crippen molar-refractivity contribution in [1.29, 1.82) is 0 Å². The zero-order valence-electron chi connectivity index (χ0n) is 16.8. The number of anilines is 1. The molecule has 1 unspecified atom stereocenters. The van der Waals surface area contributed by atoms with E-state index in [0.29, 0.717) is 17.4 Å². The molecule has 7 heteroatoms. The summed E-state index contributed by atoms with van der Waals surface area (Å²) in [4.78, 5) is 25.5. The van der Waals surface area contributed by atoms with Crippen molar-refractivity contribution < 1.29 is 14.5 Å². The van der Waals surface area contributed by atoms with Gasteiger partial charge in [0.15, 0.2) is 0 Å². The molecule has 0 radical (unpaired) electrons. The Balaban J connectivity index is 1.57. The molecule has 0 saturated carbocycles. The van der Waals surface area contributed by atoms with E-state index in [4.69, 9.17) is 4.74 Å². The summed E-state index contributed by atoms with van der Waals surface area (Å²) in [6.45, 7) is 3.59. The number of likely N-dealkylation sites (tertiary alicyclic amines) is 1. The van der Waals surface area contributed by atoms with Gasteiger partial charge in [0.25, 0.3) is 5.69 Å². The number of nitrogens with zero attached hydrogens (tertiary/aromatic N) is 2. The second kappa shape index (κ2) is 9.52. The molecular formula is C22H27N3O4. The highest BCUT2D eigenvalue weighted by Gasteiger charge is 2.27. The van der Waals surface area contributed by atoms with Crippen LogP contribution in [0.2, 0.25) is 0 Å². The average molecular weight is 397 g/mol. The molecule has 0 spiro atoms. The van der Waals surface area contributed by atoms with Crippen molar-refractivity contribution in [2.75, 3.05) is 25.5 Å². The van der Waals surface area contributed by atoms with Crippen LogP contribution in [0.1, 0.15) is 25.3 Å². The van der Waals surface area contributed by atoms with Gasteiger partial charge in [-0.1, -0.05) is 30.3 Å². The van der Waals surface area contributed by atoms with Gasteiger partial charge in [0.1, 0.15) is 5.75 Å². The third kappa shape index (κ3) is 5.32. The molecular weight excluding hydrogens is 370 g/mol. The molecule has 1 N–H and O–H groups in total. The Hall–Kier alpha value is -2.93. The monoisotopic (exact) mass is 397 g/mol. The third-order valence-electron chi connectivity index (χ3n) is 5.60. The summed E-state index contributed by atoms with van der Waals surface area (Å²) in [5.74, 6) is 0.837. The molecule has 0 aromatic heterocycles. The number of methoxy groups -OCH3 is 1. The molecule has 1 fully saturated rings. The largest absolute Gasteiger partial charge is 0.495 e. The van der Waals surface area contributed by atoms with Gasteiger partial charge < -0.3 is 10.1 Å². The Morgan fingerprint density at radius 2 is 1.93 bits per heavy atom. The van der Waals surface area contributed by atoms with Crippen LogP contribution < -0.4 is 10.1 Å². The smallest absolute Gasteiger partial charge is 0.271 e. The Kier molecular flexibility index (Phi) is 6.82. The van der Waals surface area contributed by atoms with Gasteiger partial charge in [0.05, 0.1) is 23.8 Å². The molecule has 7 nitrogen and oxygen atoms in total. The van der Waals surface area contributed by atoms with Gasteiger partial charge in [-0.2, -0.15) is 0 Å². The van der Waals surface area contributed by atoms with Crippen LogP contribution in [0, 0.1) is 16.0 Å². The number of non-ortho nitro benzene ring substituents is 1. The van der Waals surface area contributed by atoms with Crippen LogP contribution in [0.5, 0.6) is 5.75 Å². The number of nitro benzene ring substituents is 1. The number of carbonyl (C=O) groups is 1. The highest BCUT2D eigenvalue weighted by molar-refractivity contribution is 5.96. The molecule has 1 atom stereocenters. The number of carbonyl (C=O) groups excluding carboxylic acids is 1. The quantitative estimate of drug-likeness (QED) is 0.566. The van der Waals surface area contributed by atoms with Crippen molar-refractivity contribution in [2.45, 2.75) is 32.2 Å². The van der Waals surface area contributed by atoms with E-state index in [9.17, 15) is 14.9 Å². The second-order valence-electron chi connectivity index (χ2n) is 7.48. The minimum absolute atomic E-state index is 0.0875. The third-order valence-corrected chi connectivity index (χ3v) is 5.60. The number of hydrogen-bond acceptors (Lipinski definition) is 5. The normalized spacial score (nSPS) is 16.2. The highest BCUT2D eigenvalue weighted by Crippen LogP contribution is 2.29. The predicted octanol–water partition coefficient (Wildman–Crippen LogP) is 3.89. The molecule has 29 heavy (non-hydrogen) atoms. The van der Waals surface area contributed by atoms with Crippen LogP contribution >= 0.6 is 0 Å². The lowest BCUT2D eigenvalue weighted by Crippen LogP contribution is -2.46. The van der Waals surface area contributed by atoms with Crippen LogP contribution in [-0.4, -0.2) is 42.0 Å². The Morgan fingerprint density at radius 3 is 2.55 bits per heavy atom. The summed E-state index contributed by atoms with van der Waals surface area (Å²) < 4.78 is 5.23. The number of nitrogens with one attached hydrogen (secondary N) is 1. The fourth-order valence-corrected chi connectivity index (χ4v) is 3.80. The first kappa shape index (κ1) is 20.8. The number of benzene rings is 2. The van der Waals surface area contributed by atoms with E-state index in [0.717, 1.165) is 32.4 Å². The van der Waals surface area contributed by atoms with E-state index in [1.807, 2.05) is 13.0 Å². The Bertz CT molecular complexity index is 848. The van der Waals surface area contributed by atoms with E-state index in [1.165, 1.54) is 30.9 Å².